The molecule has 0 aliphatic carbocycles. The first kappa shape index (κ1) is 21.3. The summed E-state index contributed by atoms with van der Waals surface area (Å²) in [6.07, 6.45) is -0.341. The predicted octanol–water partition coefficient (Wildman–Crippen LogP) is 6.62. The molecule has 2 nitrogen and oxygen atoms in total. The summed E-state index contributed by atoms with van der Waals surface area (Å²) in [5.74, 6) is 0.831. The van der Waals surface area contributed by atoms with Gasteiger partial charge in [0.15, 0.2) is 0 Å². The summed E-state index contributed by atoms with van der Waals surface area (Å²) in [7, 11) is 0. The Morgan fingerprint density at radius 1 is 0.500 bits per heavy atom. The Kier molecular flexibility index (Phi) is 4.76. The number of hydrogen-bond donors (Lipinski definition) is 0. The molecule has 5 aromatic carbocycles. The molecule has 1 aliphatic rings. The maximum atomic E-state index is 7.72. The second-order valence-corrected chi connectivity index (χ2v) is 13.6. The fourth-order valence-corrected chi connectivity index (χ4v) is 12.1. The van der Waals surface area contributed by atoms with Crippen LogP contribution in [0.2, 0.25) is 0 Å². The Bertz CT molecular complexity index is 1540. The van der Waals surface area contributed by atoms with E-state index in [0.29, 0.717) is 0 Å². The van der Waals surface area contributed by atoms with Gasteiger partial charge >= 0.3 is 211 Å². The fourth-order valence-electron chi connectivity index (χ4n) is 5.94. The third-order valence-electron chi connectivity index (χ3n) is 7.44. The first-order valence-electron chi connectivity index (χ1n) is 12.3. The van der Waals surface area contributed by atoms with Crippen molar-refractivity contribution in [1.82, 2.24) is 0 Å². The van der Waals surface area contributed by atoms with Crippen LogP contribution in [-0.2, 0) is 4.52 Å². The van der Waals surface area contributed by atoms with Crippen molar-refractivity contribution < 1.29 is 8.94 Å². The Morgan fingerprint density at radius 3 is 1.58 bits per heavy atom. The summed E-state index contributed by atoms with van der Waals surface area (Å²) in [4.78, 5) is 0. The van der Waals surface area contributed by atoms with E-state index in [-0.39, 0.29) is 6.10 Å². The summed E-state index contributed by atoms with van der Waals surface area (Å²) < 4.78 is 14.2. The molecule has 174 valence electrons. The van der Waals surface area contributed by atoms with Crippen LogP contribution >= 0.6 is 6.83 Å². The van der Waals surface area contributed by atoms with Gasteiger partial charge in [0.2, 0.25) is 0 Å². The van der Waals surface area contributed by atoms with Gasteiger partial charge in [-0.25, -0.2) is 0 Å². The van der Waals surface area contributed by atoms with E-state index in [9.17, 15) is 0 Å². The summed E-state index contributed by atoms with van der Waals surface area (Å²) >= 11 is 0. The quantitative estimate of drug-likeness (QED) is 0.262. The minimum atomic E-state index is -3.62. The molecule has 7 rings (SSSR count). The molecular formula is C33H25O2P. The van der Waals surface area contributed by atoms with Crippen LogP contribution in [0, 0.1) is 0 Å². The van der Waals surface area contributed by atoms with Gasteiger partial charge in [-0.05, 0) is 0 Å². The molecule has 0 saturated carbocycles. The molecule has 6 aromatic rings. The van der Waals surface area contributed by atoms with E-state index in [2.05, 4.69) is 127 Å². The Balaban J connectivity index is 1.64. The summed E-state index contributed by atoms with van der Waals surface area (Å²) in [6, 6.07) is 51.4. The summed E-state index contributed by atoms with van der Waals surface area (Å²) in [5.41, 5.74) is 2.03. The van der Waals surface area contributed by atoms with Crippen molar-refractivity contribution in [1.29, 1.82) is 0 Å². The molecule has 0 fully saturated rings. The van der Waals surface area contributed by atoms with Crippen LogP contribution in [0.4, 0.5) is 0 Å². The zero-order chi connectivity index (χ0) is 24.0. The van der Waals surface area contributed by atoms with E-state index in [4.69, 9.17) is 8.94 Å². The van der Waals surface area contributed by atoms with Crippen molar-refractivity contribution in [3.05, 3.63) is 157 Å². The summed E-state index contributed by atoms with van der Waals surface area (Å²) in [5, 5.41) is 5.88. The van der Waals surface area contributed by atoms with Crippen molar-refractivity contribution in [3.63, 3.8) is 0 Å². The molecule has 0 spiro atoms. The number of benzene rings is 5. The van der Waals surface area contributed by atoms with Crippen LogP contribution in [0.25, 0.3) is 11.0 Å². The van der Waals surface area contributed by atoms with Crippen LogP contribution in [0.5, 0.6) is 0 Å². The van der Waals surface area contributed by atoms with Gasteiger partial charge in [-0.3, -0.25) is 0 Å². The van der Waals surface area contributed by atoms with Gasteiger partial charge in [0.05, 0.1) is 0 Å². The van der Waals surface area contributed by atoms with E-state index in [1.54, 1.807) is 0 Å². The van der Waals surface area contributed by atoms with Gasteiger partial charge < -0.3 is 0 Å². The third kappa shape index (κ3) is 2.74. The van der Waals surface area contributed by atoms with E-state index >= 15 is 0 Å². The van der Waals surface area contributed by atoms with Crippen molar-refractivity contribution in [2.24, 2.45) is 0 Å². The molecule has 2 heterocycles. The molecular weight excluding hydrogens is 459 g/mol. The summed E-state index contributed by atoms with van der Waals surface area (Å²) in [6.45, 7) is -3.62. The molecule has 1 atom stereocenters. The van der Waals surface area contributed by atoms with Crippen molar-refractivity contribution in [3.8, 4) is 0 Å². The monoisotopic (exact) mass is 484 g/mol. The number of para-hydroxylation sites is 1. The first-order chi connectivity index (χ1) is 17.8. The average Bonchev–Trinajstić information content (AvgIpc) is 3.54. The number of furan rings is 1. The second kappa shape index (κ2) is 8.03. The van der Waals surface area contributed by atoms with E-state index in [0.717, 1.165) is 22.3 Å². The van der Waals surface area contributed by atoms with Gasteiger partial charge in [0.1, 0.15) is 0 Å². The molecule has 3 heteroatoms. The van der Waals surface area contributed by atoms with Gasteiger partial charge in [-0.2, -0.15) is 0 Å². The van der Waals surface area contributed by atoms with Gasteiger partial charge in [0, 0.05) is 0 Å². The van der Waals surface area contributed by atoms with Gasteiger partial charge in [-0.1, -0.05) is 0 Å². The first-order valence-corrected chi connectivity index (χ1v) is 14.4. The minimum absolute atomic E-state index is 0.341. The Morgan fingerprint density at radius 2 is 1.00 bits per heavy atom. The predicted molar refractivity (Wildman–Crippen MR) is 150 cm³/mol. The van der Waals surface area contributed by atoms with Crippen molar-refractivity contribution in [2.45, 2.75) is 6.10 Å². The molecule has 0 unspecified atom stereocenters. The maximum absolute atomic E-state index is 7.72. The molecule has 1 aromatic heterocycles. The Labute approximate surface area is 210 Å². The van der Waals surface area contributed by atoms with Crippen LogP contribution in [0.1, 0.15) is 17.4 Å². The van der Waals surface area contributed by atoms with Crippen LogP contribution < -0.4 is 21.2 Å². The molecule has 0 radical (unpaired) electrons. The molecule has 0 saturated heterocycles. The standard InChI is InChI=1S/C33H25O2P/c1-4-15-26(16-5-1)36(27-17-6-2-7-18-27,28-19-8-3-9-20-28)32-23-13-11-21-29(32)33(35-36)31-24-25-14-10-12-22-30(25)34-31/h1-24,33H/t33-/m1/s1. The topological polar surface area (TPSA) is 22.4 Å². The van der Waals surface area contributed by atoms with Gasteiger partial charge in [-0.15, -0.1) is 0 Å². The zero-order valence-electron chi connectivity index (χ0n) is 19.7. The molecule has 0 N–H and O–H groups in total. The van der Waals surface area contributed by atoms with Crippen molar-refractivity contribution in [2.75, 3.05) is 0 Å². The normalized spacial score (nSPS) is 18.8. The Hall–Kier alpha value is -3.97. The molecule has 36 heavy (non-hydrogen) atoms. The molecule has 0 bridgehead atoms. The fraction of sp³-hybridized carbons (Fsp3) is 0.0303. The van der Waals surface area contributed by atoms with Gasteiger partial charge in [0.25, 0.3) is 0 Å². The number of fused-ring (bicyclic) bond motifs is 2. The third-order valence-corrected chi connectivity index (χ3v) is 13.3. The van der Waals surface area contributed by atoms with Crippen LogP contribution in [0.3, 0.4) is 0 Å². The molecule has 1 aliphatic heterocycles. The number of rotatable bonds is 4. The molecule has 0 amide bonds. The van der Waals surface area contributed by atoms with E-state index in [1.165, 1.54) is 21.2 Å². The SMILES string of the molecule is c1ccc(P2(c3ccccc3)(c3ccccc3)O[C@@H](c3cc4ccccc4o3)c3ccccc32)cc1. The number of hydrogen-bond acceptors (Lipinski definition) is 2. The van der Waals surface area contributed by atoms with Crippen molar-refractivity contribution >= 4 is 39.0 Å². The second-order valence-electron chi connectivity index (χ2n) is 9.27. The van der Waals surface area contributed by atoms with Crippen LogP contribution in [-0.4, -0.2) is 0 Å². The van der Waals surface area contributed by atoms with Crippen LogP contribution in [0.15, 0.2) is 150 Å². The average molecular weight is 485 g/mol. The zero-order valence-corrected chi connectivity index (χ0v) is 20.6. The van der Waals surface area contributed by atoms with E-state index in [1.807, 2.05) is 18.2 Å². The van der Waals surface area contributed by atoms with E-state index < -0.39 is 6.83 Å².